The Balaban J connectivity index is 1.59. The lowest BCUT2D eigenvalue weighted by Gasteiger charge is -2.26. The van der Waals surface area contributed by atoms with E-state index < -0.39 is 0 Å². The Hall–Kier alpha value is -3.80. The minimum Gasteiger partial charge on any atom is -0.454 e. The van der Waals surface area contributed by atoms with E-state index in [9.17, 15) is 4.79 Å². The van der Waals surface area contributed by atoms with Crippen LogP contribution in [0, 0.1) is 0 Å². The number of aromatic nitrogens is 2. The number of benzene rings is 2. The highest BCUT2D eigenvalue weighted by molar-refractivity contribution is 5.80. The molecule has 0 bridgehead atoms. The van der Waals surface area contributed by atoms with Gasteiger partial charge in [-0.15, -0.1) is 0 Å². The molecule has 2 aliphatic rings. The molecule has 1 atom stereocenters. The van der Waals surface area contributed by atoms with Crippen LogP contribution in [-0.2, 0) is 6.54 Å². The lowest BCUT2D eigenvalue weighted by molar-refractivity contribution is 0.174. The number of anilines is 1. The normalized spacial score (nSPS) is 17.0. The lowest BCUT2D eigenvalue weighted by Crippen LogP contribution is -2.23. The Morgan fingerprint density at radius 1 is 1.00 bits per heavy atom. The zero-order valence-corrected chi connectivity index (χ0v) is 15.5. The molecule has 6 heteroatoms. The third-order valence-electron chi connectivity index (χ3n) is 5.61. The quantitative estimate of drug-likeness (QED) is 0.571. The van der Waals surface area contributed by atoms with Crippen molar-refractivity contribution in [2.75, 3.05) is 11.7 Å². The molecule has 0 spiro atoms. The highest BCUT2D eigenvalue weighted by Crippen LogP contribution is 2.42. The van der Waals surface area contributed by atoms with Gasteiger partial charge in [0.15, 0.2) is 16.9 Å². The SMILES string of the molecule is O=c1c2c([nH]c3ccccc13)[C@@H](c1ccc3c(c1)OCO3)N(c1ccccn1)C2. The maximum atomic E-state index is 13.2. The van der Waals surface area contributed by atoms with Crippen molar-refractivity contribution < 1.29 is 9.47 Å². The number of para-hydroxylation sites is 1. The molecule has 6 rings (SSSR count). The lowest BCUT2D eigenvalue weighted by atomic mass is 10.0. The highest BCUT2D eigenvalue weighted by atomic mass is 16.7. The molecule has 6 nitrogen and oxygen atoms in total. The second-order valence-electron chi connectivity index (χ2n) is 7.22. The summed E-state index contributed by atoms with van der Waals surface area (Å²) in [7, 11) is 0. The smallest absolute Gasteiger partial charge is 0.231 e. The second kappa shape index (κ2) is 6.10. The molecule has 2 aromatic carbocycles. The summed E-state index contributed by atoms with van der Waals surface area (Å²) >= 11 is 0. The van der Waals surface area contributed by atoms with Gasteiger partial charge in [-0.1, -0.05) is 24.3 Å². The molecule has 2 aromatic heterocycles. The molecule has 0 unspecified atom stereocenters. The third kappa shape index (κ3) is 2.42. The molecule has 29 heavy (non-hydrogen) atoms. The Labute approximate surface area is 166 Å². The maximum Gasteiger partial charge on any atom is 0.231 e. The van der Waals surface area contributed by atoms with Crippen molar-refractivity contribution in [1.29, 1.82) is 0 Å². The van der Waals surface area contributed by atoms with E-state index in [0.717, 1.165) is 39.7 Å². The van der Waals surface area contributed by atoms with Crippen molar-refractivity contribution in [1.82, 2.24) is 9.97 Å². The predicted molar refractivity (Wildman–Crippen MR) is 109 cm³/mol. The third-order valence-corrected chi connectivity index (χ3v) is 5.61. The van der Waals surface area contributed by atoms with E-state index in [4.69, 9.17) is 9.47 Å². The van der Waals surface area contributed by atoms with Crippen molar-refractivity contribution in [2.24, 2.45) is 0 Å². The van der Waals surface area contributed by atoms with Crippen LogP contribution in [0.5, 0.6) is 11.5 Å². The summed E-state index contributed by atoms with van der Waals surface area (Å²) in [5, 5.41) is 0.707. The van der Waals surface area contributed by atoms with Crippen LogP contribution < -0.4 is 19.8 Å². The van der Waals surface area contributed by atoms with Gasteiger partial charge in [0, 0.05) is 22.7 Å². The summed E-state index contributed by atoms with van der Waals surface area (Å²) in [5.41, 5.74) is 3.60. The zero-order chi connectivity index (χ0) is 19.4. The summed E-state index contributed by atoms with van der Waals surface area (Å²) in [6.45, 7) is 0.719. The Morgan fingerprint density at radius 2 is 1.86 bits per heavy atom. The first kappa shape index (κ1) is 16.2. The molecule has 1 N–H and O–H groups in total. The number of nitrogens with zero attached hydrogens (tertiary/aromatic N) is 2. The number of hydrogen-bond acceptors (Lipinski definition) is 5. The van der Waals surface area contributed by atoms with Gasteiger partial charge in [-0.3, -0.25) is 4.79 Å². The van der Waals surface area contributed by atoms with Crippen LogP contribution in [0.25, 0.3) is 10.9 Å². The fraction of sp³-hybridized carbons (Fsp3) is 0.130. The Morgan fingerprint density at radius 3 is 2.76 bits per heavy atom. The van der Waals surface area contributed by atoms with Crippen LogP contribution >= 0.6 is 0 Å². The van der Waals surface area contributed by atoms with E-state index >= 15 is 0 Å². The van der Waals surface area contributed by atoms with E-state index in [-0.39, 0.29) is 18.3 Å². The molecule has 0 radical (unpaired) electrons. The number of aromatic amines is 1. The van der Waals surface area contributed by atoms with Crippen LogP contribution in [0.2, 0.25) is 0 Å². The largest absolute Gasteiger partial charge is 0.454 e. The van der Waals surface area contributed by atoms with Gasteiger partial charge in [-0.05, 0) is 42.0 Å². The first-order valence-electron chi connectivity index (χ1n) is 9.50. The van der Waals surface area contributed by atoms with E-state index in [2.05, 4.69) is 14.9 Å². The van der Waals surface area contributed by atoms with Crippen LogP contribution in [-0.4, -0.2) is 16.8 Å². The van der Waals surface area contributed by atoms with Gasteiger partial charge in [0.25, 0.3) is 0 Å². The first-order valence-corrected chi connectivity index (χ1v) is 9.50. The minimum absolute atomic E-state index is 0.0681. The number of ether oxygens (including phenoxy) is 2. The summed E-state index contributed by atoms with van der Waals surface area (Å²) in [6, 6.07) is 19.2. The molecule has 0 fully saturated rings. The molecule has 2 aliphatic heterocycles. The molecule has 4 aromatic rings. The fourth-order valence-corrected chi connectivity index (χ4v) is 4.27. The predicted octanol–water partition coefficient (Wildman–Crippen LogP) is 3.76. The summed E-state index contributed by atoms with van der Waals surface area (Å²) in [5.74, 6) is 2.28. The van der Waals surface area contributed by atoms with Gasteiger partial charge >= 0.3 is 0 Å². The maximum absolute atomic E-state index is 13.2. The van der Waals surface area contributed by atoms with E-state index in [0.29, 0.717) is 11.9 Å². The molecule has 4 heterocycles. The van der Waals surface area contributed by atoms with Gasteiger partial charge in [0.05, 0.1) is 18.3 Å². The van der Waals surface area contributed by atoms with Crippen molar-refractivity contribution >= 4 is 16.7 Å². The Bertz CT molecular complexity index is 1300. The van der Waals surface area contributed by atoms with Crippen molar-refractivity contribution in [2.45, 2.75) is 12.6 Å². The van der Waals surface area contributed by atoms with Crippen molar-refractivity contribution in [3.05, 3.63) is 93.9 Å². The number of pyridine rings is 2. The molecule has 0 aliphatic carbocycles. The second-order valence-corrected chi connectivity index (χ2v) is 7.22. The molecular formula is C23H17N3O3. The monoisotopic (exact) mass is 383 g/mol. The van der Waals surface area contributed by atoms with Gasteiger partial charge in [0.1, 0.15) is 5.82 Å². The highest BCUT2D eigenvalue weighted by Gasteiger charge is 2.36. The standard InChI is InChI=1S/C23H17N3O3/c27-23-15-5-1-2-6-17(15)25-21-16(23)12-26(20-7-3-4-10-24-20)22(21)14-8-9-18-19(11-14)29-13-28-18/h1-11,22H,12-13H2,(H,25,27)/t22-/m1/s1. The van der Waals surface area contributed by atoms with Crippen molar-refractivity contribution in [3.63, 3.8) is 0 Å². The van der Waals surface area contributed by atoms with Crippen LogP contribution in [0.4, 0.5) is 5.82 Å². The van der Waals surface area contributed by atoms with E-state index in [1.807, 2.05) is 60.7 Å². The van der Waals surface area contributed by atoms with Crippen LogP contribution in [0.15, 0.2) is 71.7 Å². The summed E-state index contributed by atoms with van der Waals surface area (Å²) < 4.78 is 11.1. The minimum atomic E-state index is -0.174. The first-order chi connectivity index (χ1) is 14.3. The Kier molecular flexibility index (Phi) is 3.41. The number of rotatable bonds is 2. The number of H-pyrrole nitrogens is 1. The van der Waals surface area contributed by atoms with E-state index in [1.54, 1.807) is 6.20 Å². The van der Waals surface area contributed by atoms with Gasteiger partial charge in [0.2, 0.25) is 6.79 Å². The molecule has 0 saturated heterocycles. The van der Waals surface area contributed by atoms with Gasteiger partial charge in [-0.2, -0.15) is 0 Å². The molecular weight excluding hydrogens is 366 g/mol. The van der Waals surface area contributed by atoms with Gasteiger partial charge in [-0.25, -0.2) is 4.98 Å². The summed E-state index contributed by atoms with van der Waals surface area (Å²) in [4.78, 5) is 23.5. The zero-order valence-electron chi connectivity index (χ0n) is 15.5. The van der Waals surface area contributed by atoms with Crippen LogP contribution in [0.1, 0.15) is 22.9 Å². The average molecular weight is 383 g/mol. The number of nitrogens with one attached hydrogen (secondary N) is 1. The number of fused-ring (bicyclic) bond motifs is 3. The van der Waals surface area contributed by atoms with Crippen LogP contribution in [0.3, 0.4) is 0 Å². The van der Waals surface area contributed by atoms with Gasteiger partial charge < -0.3 is 19.4 Å². The molecule has 0 saturated carbocycles. The molecule has 0 amide bonds. The average Bonchev–Trinajstić information content (AvgIpc) is 3.39. The molecule has 142 valence electrons. The topological polar surface area (TPSA) is 67.5 Å². The number of hydrogen-bond donors (Lipinski definition) is 1. The van der Waals surface area contributed by atoms with Crippen molar-refractivity contribution in [3.8, 4) is 11.5 Å². The fourth-order valence-electron chi connectivity index (χ4n) is 4.27. The van der Waals surface area contributed by atoms with E-state index in [1.165, 1.54) is 0 Å². The summed E-state index contributed by atoms with van der Waals surface area (Å²) in [6.07, 6.45) is 1.77.